The molecule has 1 aliphatic carbocycles. The van der Waals surface area contributed by atoms with Crippen molar-refractivity contribution >= 4 is 27.4 Å². The lowest BCUT2D eigenvalue weighted by Crippen LogP contribution is -2.35. The van der Waals surface area contributed by atoms with E-state index in [1.807, 2.05) is 42.5 Å². The Labute approximate surface area is 170 Å². The molecule has 0 fully saturated rings. The van der Waals surface area contributed by atoms with E-state index in [9.17, 15) is 13.2 Å². The van der Waals surface area contributed by atoms with Crippen molar-refractivity contribution in [1.29, 1.82) is 0 Å². The summed E-state index contributed by atoms with van der Waals surface area (Å²) >= 11 is 0. The first-order chi connectivity index (χ1) is 14.0. The van der Waals surface area contributed by atoms with Crippen LogP contribution in [0.4, 0.5) is 16.2 Å². The number of anilines is 2. The molecule has 0 atom stereocenters. The van der Waals surface area contributed by atoms with Gasteiger partial charge in [0.05, 0.1) is 4.90 Å². The van der Waals surface area contributed by atoms with Crippen LogP contribution in [0.1, 0.15) is 11.1 Å². The van der Waals surface area contributed by atoms with Gasteiger partial charge in [-0.2, -0.15) is 0 Å². The van der Waals surface area contributed by atoms with E-state index in [2.05, 4.69) is 15.4 Å². The van der Waals surface area contributed by atoms with Gasteiger partial charge >= 0.3 is 6.03 Å². The van der Waals surface area contributed by atoms with Crippen molar-refractivity contribution in [2.24, 2.45) is 0 Å². The van der Waals surface area contributed by atoms with Crippen molar-refractivity contribution in [3.63, 3.8) is 0 Å². The summed E-state index contributed by atoms with van der Waals surface area (Å²) in [5.41, 5.74) is 3.55. The Hall–Kier alpha value is -3.16. The Morgan fingerprint density at radius 2 is 1.24 bits per heavy atom. The Balaban J connectivity index is 1.37. The highest BCUT2D eigenvalue weighted by Gasteiger charge is 2.26. The highest BCUT2D eigenvalue weighted by atomic mass is 32.2. The van der Waals surface area contributed by atoms with E-state index in [4.69, 9.17) is 0 Å². The molecule has 6 nitrogen and oxygen atoms in total. The molecule has 3 aromatic carbocycles. The average molecular weight is 407 g/mol. The van der Waals surface area contributed by atoms with Gasteiger partial charge in [0, 0.05) is 17.4 Å². The number of urea groups is 1. The third-order valence-electron chi connectivity index (χ3n) is 4.83. The number of carbonyl (C=O) groups excluding carboxylic acids is 1. The lowest BCUT2D eigenvalue weighted by Gasteiger charge is -2.13. The maximum Gasteiger partial charge on any atom is 0.323 e. The quantitative estimate of drug-likeness (QED) is 0.602. The fourth-order valence-corrected chi connectivity index (χ4v) is 4.70. The number of nitrogens with one attached hydrogen (secondary N) is 3. The van der Waals surface area contributed by atoms with Crippen molar-refractivity contribution in [1.82, 2.24) is 4.72 Å². The molecule has 0 unspecified atom stereocenters. The summed E-state index contributed by atoms with van der Waals surface area (Å²) in [6.45, 7) is 0. The number of amides is 2. The van der Waals surface area contributed by atoms with Crippen LogP contribution in [0, 0.1) is 0 Å². The highest BCUT2D eigenvalue weighted by Crippen LogP contribution is 2.23. The molecule has 0 saturated heterocycles. The van der Waals surface area contributed by atoms with Gasteiger partial charge in [-0.25, -0.2) is 17.9 Å². The van der Waals surface area contributed by atoms with Crippen LogP contribution < -0.4 is 15.4 Å². The third-order valence-corrected chi connectivity index (χ3v) is 6.36. The zero-order valence-corrected chi connectivity index (χ0v) is 16.4. The van der Waals surface area contributed by atoms with E-state index >= 15 is 0 Å². The second-order valence-electron chi connectivity index (χ2n) is 6.96. The lowest BCUT2D eigenvalue weighted by atomic mass is 10.1. The Bertz CT molecular complexity index is 1090. The third kappa shape index (κ3) is 4.64. The molecule has 3 N–H and O–H groups in total. The average Bonchev–Trinajstić information content (AvgIpc) is 3.10. The van der Waals surface area contributed by atoms with Gasteiger partial charge in [0.2, 0.25) is 10.0 Å². The molecular weight excluding hydrogens is 386 g/mol. The maximum absolute atomic E-state index is 12.7. The second kappa shape index (κ2) is 8.06. The first-order valence-electron chi connectivity index (χ1n) is 9.32. The van der Waals surface area contributed by atoms with E-state index < -0.39 is 16.1 Å². The van der Waals surface area contributed by atoms with Crippen LogP contribution in [0.25, 0.3) is 0 Å². The fraction of sp³-hybridized carbons (Fsp3) is 0.136. The molecule has 7 heteroatoms. The van der Waals surface area contributed by atoms with Gasteiger partial charge in [0.25, 0.3) is 0 Å². The lowest BCUT2D eigenvalue weighted by molar-refractivity contribution is 0.262. The normalized spacial score (nSPS) is 13.7. The molecule has 1 aliphatic rings. The first-order valence-corrected chi connectivity index (χ1v) is 10.8. The van der Waals surface area contributed by atoms with Gasteiger partial charge in [-0.15, -0.1) is 0 Å². The molecule has 0 heterocycles. The summed E-state index contributed by atoms with van der Waals surface area (Å²) in [4.78, 5) is 12.2. The Morgan fingerprint density at radius 1 is 0.724 bits per heavy atom. The van der Waals surface area contributed by atoms with Crippen LogP contribution in [-0.4, -0.2) is 20.5 Å². The van der Waals surface area contributed by atoms with Crippen molar-refractivity contribution in [2.75, 3.05) is 10.6 Å². The van der Waals surface area contributed by atoms with Crippen molar-refractivity contribution in [3.8, 4) is 0 Å². The van der Waals surface area contributed by atoms with E-state index in [1.165, 1.54) is 23.3 Å². The zero-order chi connectivity index (χ0) is 20.3. The van der Waals surface area contributed by atoms with Crippen LogP contribution in [0.15, 0.2) is 83.8 Å². The van der Waals surface area contributed by atoms with Gasteiger partial charge < -0.3 is 10.6 Å². The Kier molecular flexibility index (Phi) is 5.33. The molecule has 4 rings (SSSR count). The van der Waals surface area contributed by atoms with Crippen molar-refractivity contribution in [2.45, 2.75) is 23.8 Å². The molecule has 0 saturated carbocycles. The molecule has 148 valence electrons. The zero-order valence-electron chi connectivity index (χ0n) is 15.6. The number of fused-ring (bicyclic) bond motifs is 1. The molecule has 0 aromatic heterocycles. The van der Waals surface area contributed by atoms with Gasteiger partial charge in [0.15, 0.2) is 0 Å². The number of hydrogen-bond donors (Lipinski definition) is 3. The molecule has 0 spiro atoms. The van der Waals surface area contributed by atoms with Crippen molar-refractivity contribution < 1.29 is 13.2 Å². The summed E-state index contributed by atoms with van der Waals surface area (Å²) in [7, 11) is -3.63. The number of benzene rings is 3. The van der Waals surface area contributed by atoms with Crippen LogP contribution in [-0.2, 0) is 22.9 Å². The summed E-state index contributed by atoms with van der Waals surface area (Å²) < 4.78 is 28.2. The monoisotopic (exact) mass is 407 g/mol. The minimum Gasteiger partial charge on any atom is -0.308 e. The fourth-order valence-electron chi connectivity index (χ4n) is 3.46. The molecule has 0 radical (unpaired) electrons. The number of rotatable bonds is 5. The first kappa shape index (κ1) is 19.2. The maximum atomic E-state index is 12.7. The SMILES string of the molecule is O=C(Nc1ccccc1)Nc1ccc(S(=O)(=O)NC2Cc3ccccc3C2)cc1. The van der Waals surface area contributed by atoms with Gasteiger partial charge in [-0.1, -0.05) is 42.5 Å². The number of hydrogen-bond acceptors (Lipinski definition) is 3. The standard InChI is InChI=1S/C22H21N3O3S/c26-22(23-18-8-2-1-3-9-18)24-19-10-12-21(13-11-19)29(27,28)25-20-14-16-6-4-5-7-17(16)15-20/h1-13,20,25H,14-15H2,(H2,23,24,26). The number of para-hydroxylation sites is 1. The minimum absolute atomic E-state index is 0.146. The van der Waals surface area contributed by atoms with Crippen LogP contribution in [0.5, 0.6) is 0 Å². The number of sulfonamides is 1. The van der Waals surface area contributed by atoms with Crippen LogP contribution in [0.2, 0.25) is 0 Å². The molecule has 3 aromatic rings. The summed E-state index contributed by atoms with van der Waals surface area (Å²) in [6.07, 6.45) is 1.38. The van der Waals surface area contributed by atoms with E-state index in [0.717, 1.165) is 0 Å². The van der Waals surface area contributed by atoms with Gasteiger partial charge in [-0.05, 0) is 60.4 Å². The predicted molar refractivity (Wildman–Crippen MR) is 113 cm³/mol. The molecule has 0 bridgehead atoms. The van der Waals surface area contributed by atoms with Gasteiger partial charge in [-0.3, -0.25) is 0 Å². The molecule has 0 aliphatic heterocycles. The molecule has 2 amide bonds. The van der Waals surface area contributed by atoms with Gasteiger partial charge in [0.1, 0.15) is 0 Å². The second-order valence-corrected chi connectivity index (χ2v) is 8.68. The molecule has 29 heavy (non-hydrogen) atoms. The topological polar surface area (TPSA) is 87.3 Å². The summed E-state index contributed by atoms with van der Waals surface area (Å²) in [5.74, 6) is 0. The van der Waals surface area contributed by atoms with E-state index in [1.54, 1.807) is 24.3 Å². The smallest absolute Gasteiger partial charge is 0.308 e. The summed E-state index contributed by atoms with van der Waals surface area (Å²) in [5, 5.41) is 5.40. The highest BCUT2D eigenvalue weighted by molar-refractivity contribution is 7.89. The minimum atomic E-state index is -3.63. The van der Waals surface area contributed by atoms with E-state index in [-0.39, 0.29) is 10.9 Å². The number of carbonyl (C=O) groups is 1. The van der Waals surface area contributed by atoms with Crippen molar-refractivity contribution in [3.05, 3.63) is 90.0 Å². The summed E-state index contributed by atoms with van der Waals surface area (Å²) in [6, 6.07) is 22.7. The van der Waals surface area contributed by atoms with E-state index in [0.29, 0.717) is 24.2 Å². The van der Waals surface area contributed by atoms with Crippen LogP contribution in [0.3, 0.4) is 0 Å². The van der Waals surface area contributed by atoms with Crippen LogP contribution >= 0.6 is 0 Å². The largest absolute Gasteiger partial charge is 0.323 e. The molecular formula is C22H21N3O3S. The Morgan fingerprint density at radius 3 is 1.83 bits per heavy atom. The predicted octanol–water partition coefficient (Wildman–Crippen LogP) is 3.78.